The lowest BCUT2D eigenvalue weighted by Crippen LogP contribution is -2.00. The number of fused-ring (bicyclic) bond motifs is 1. The van der Waals surface area contributed by atoms with Gasteiger partial charge in [-0.1, -0.05) is 29.8 Å². The monoisotopic (exact) mass is 388 g/mol. The molecule has 0 amide bonds. The Balaban J connectivity index is 1.64. The summed E-state index contributed by atoms with van der Waals surface area (Å²) in [7, 11) is 0. The molecule has 1 aromatic heterocycles. The summed E-state index contributed by atoms with van der Waals surface area (Å²) >= 11 is 5.91. The van der Waals surface area contributed by atoms with E-state index < -0.39 is 5.97 Å². The van der Waals surface area contributed by atoms with Crippen LogP contribution in [0.4, 0.5) is 5.69 Å². The number of furan rings is 1. The van der Waals surface area contributed by atoms with Gasteiger partial charge in [0.05, 0.1) is 27.6 Å². The lowest BCUT2D eigenvalue weighted by molar-refractivity contribution is 0.0697. The van der Waals surface area contributed by atoms with E-state index in [1.54, 1.807) is 24.3 Å². The summed E-state index contributed by atoms with van der Waals surface area (Å²) in [6, 6.07) is 18.1. The van der Waals surface area contributed by atoms with Crippen molar-refractivity contribution in [3.8, 4) is 17.4 Å². The van der Waals surface area contributed by atoms with Gasteiger partial charge in [-0.05, 0) is 42.0 Å². The number of nitriles is 1. The first kappa shape index (κ1) is 17.8. The topological polar surface area (TPSA) is 86.6 Å². The highest BCUT2D eigenvalue weighted by Gasteiger charge is 2.18. The minimum Gasteiger partial charge on any atom is -0.478 e. The quantitative estimate of drug-likeness (QED) is 0.595. The average Bonchev–Trinajstić information content (AvgIpc) is 3.33. The molecule has 6 heteroatoms. The molecule has 2 heterocycles. The molecule has 28 heavy (non-hydrogen) atoms. The fraction of sp³-hybridized carbons (Fsp3) is 0.0455. The average molecular weight is 389 g/mol. The number of carbonyl (C=O) groups is 1. The van der Waals surface area contributed by atoms with Crippen molar-refractivity contribution in [1.29, 1.82) is 5.26 Å². The Morgan fingerprint density at radius 1 is 1.21 bits per heavy atom. The van der Waals surface area contributed by atoms with E-state index in [0.717, 1.165) is 11.3 Å². The first-order valence-corrected chi connectivity index (χ1v) is 8.83. The van der Waals surface area contributed by atoms with Crippen LogP contribution in [-0.4, -0.2) is 16.8 Å². The molecule has 0 saturated heterocycles. The van der Waals surface area contributed by atoms with Crippen LogP contribution in [0.25, 0.3) is 17.4 Å². The molecule has 1 N–H and O–H groups in total. The van der Waals surface area contributed by atoms with Crippen molar-refractivity contribution in [1.82, 2.24) is 0 Å². The van der Waals surface area contributed by atoms with Gasteiger partial charge in [0.15, 0.2) is 0 Å². The zero-order valence-electron chi connectivity index (χ0n) is 14.5. The van der Waals surface area contributed by atoms with Crippen LogP contribution < -0.4 is 0 Å². The summed E-state index contributed by atoms with van der Waals surface area (Å²) in [5.41, 5.74) is 3.68. The maximum atomic E-state index is 11.3. The van der Waals surface area contributed by atoms with Crippen LogP contribution in [-0.2, 0) is 6.42 Å². The Labute approximate surface area is 165 Å². The van der Waals surface area contributed by atoms with Gasteiger partial charge in [-0.3, -0.25) is 4.99 Å². The van der Waals surface area contributed by atoms with Crippen LogP contribution in [0.3, 0.4) is 0 Å². The van der Waals surface area contributed by atoms with Crippen LogP contribution in [0.5, 0.6) is 0 Å². The largest absolute Gasteiger partial charge is 0.478 e. The number of nitrogens with zero attached hydrogens (tertiary/aromatic N) is 2. The fourth-order valence-electron chi connectivity index (χ4n) is 3.04. The molecule has 5 nitrogen and oxygen atoms in total. The molecule has 3 aromatic rings. The molecular weight excluding hydrogens is 376 g/mol. The van der Waals surface area contributed by atoms with Crippen LogP contribution in [0.2, 0.25) is 5.02 Å². The number of carboxylic acid groups (broad SMARTS) is 1. The summed E-state index contributed by atoms with van der Waals surface area (Å²) in [5, 5.41) is 18.9. The number of para-hydroxylation sites is 1. The third-order valence-corrected chi connectivity index (χ3v) is 4.76. The van der Waals surface area contributed by atoms with Crippen molar-refractivity contribution in [3.05, 3.63) is 82.1 Å². The summed E-state index contributed by atoms with van der Waals surface area (Å²) in [4.78, 5) is 15.8. The molecule has 4 rings (SSSR count). The van der Waals surface area contributed by atoms with E-state index >= 15 is 0 Å². The van der Waals surface area contributed by atoms with Crippen LogP contribution in [0.15, 0.2) is 69.6 Å². The SMILES string of the molecule is N#C/C(=C\c1ccc(-c2ccc(Cl)c(C(=O)O)c2)o1)C1=Nc2ccccc2C1. The van der Waals surface area contributed by atoms with E-state index in [1.807, 2.05) is 24.3 Å². The van der Waals surface area contributed by atoms with E-state index in [0.29, 0.717) is 34.8 Å². The first-order chi connectivity index (χ1) is 13.5. The molecule has 0 bridgehead atoms. The molecule has 1 aliphatic rings. The second-order valence-electron chi connectivity index (χ2n) is 6.24. The molecular formula is C22H13ClN2O3. The molecule has 0 radical (unpaired) electrons. The van der Waals surface area contributed by atoms with Crippen LogP contribution in [0.1, 0.15) is 21.7 Å². The third-order valence-electron chi connectivity index (χ3n) is 4.43. The number of halogens is 1. The smallest absolute Gasteiger partial charge is 0.337 e. The van der Waals surface area contributed by atoms with Gasteiger partial charge in [0.2, 0.25) is 0 Å². The Morgan fingerprint density at radius 3 is 2.79 bits per heavy atom. The lowest BCUT2D eigenvalue weighted by atomic mass is 10.0. The number of aliphatic imine (C=N–C) groups is 1. The maximum absolute atomic E-state index is 11.3. The van der Waals surface area contributed by atoms with Gasteiger partial charge in [0.25, 0.3) is 0 Å². The molecule has 0 spiro atoms. The van der Waals surface area contributed by atoms with Crippen molar-refractivity contribution in [2.75, 3.05) is 0 Å². The fourth-order valence-corrected chi connectivity index (χ4v) is 3.24. The third kappa shape index (κ3) is 3.34. The Bertz CT molecular complexity index is 1200. The normalized spacial score (nSPS) is 13.0. The predicted octanol–water partition coefficient (Wildman–Crippen LogP) is 5.53. The van der Waals surface area contributed by atoms with Crippen molar-refractivity contribution in [2.24, 2.45) is 4.99 Å². The summed E-state index contributed by atoms with van der Waals surface area (Å²) < 4.78 is 5.79. The highest BCUT2D eigenvalue weighted by Crippen LogP contribution is 2.30. The van der Waals surface area contributed by atoms with Crippen molar-refractivity contribution >= 4 is 35.0 Å². The number of hydrogen-bond acceptors (Lipinski definition) is 4. The number of carboxylic acids is 1. The molecule has 2 aromatic carbocycles. The van der Waals surface area contributed by atoms with E-state index in [2.05, 4.69) is 11.1 Å². The minimum atomic E-state index is -1.11. The molecule has 0 saturated carbocycles. The second-order valence-corrected chi connectivity index (χ2v) is 6.64. The first-order valence-electron chi connectivity index (χ1n) is 8.46. The molecule has 1 aliphatic heterocycles. The van der Waals surface area contributed by atoms with Gasteiger partial charge in [0.1, 0.15) is 17.6 Å². The van der Waals surface area contributed by atoms with E-state index in [1.165, 1.54) is 12.1 Å². The highest BCUT2D eigenvalue weighted by atomic mass is 35.5. The van der Waals surface area contributed by atoms with Gasteiger partial charge in [-0.2, -0.15) is 5.26 Å². The number of rotatable bonds is 4. The van der Waals surface area contributed by atoms with E-state index in [-0.39, 0.29) is 10.6 Å². The number of allylic oxidation sites excluding steroid dienone is 1. The molecule has 136 valence electrons. The van der Waals surface area contributed by atoms with Crippen molar-refractivity contribution in [2.45, 2.75) is 6.42 Å². The summed E-state index contributed by atoms with van der Waals surface area (Å²) in [5.74, 6) is -0.138. The van der Waals surface area contributed by atoms with Gasteiger partial charge >= 0.3 is 5.97 Å². The number of aromatic carboxylic acids is 1. The standard InChI is InChI=1S/C22H13ClN2O3/c23-18-7-5-14(10-17(18)22(26)27)21-8-6-16(28-21)9-15(12-24)20-11-13-3-1-2-4-19(13)25-20/h1-10H,11H2,(H,26,27)/b15-9+. The number of benzene rings is 2. The molecule has 0 fully saturated rings. The summed E-state index contributed by atoms with van der Waals surface area (Å²) in [6.45, 7) is 0. The van der Waals surface area contributed by atoms with Crippen molar-refractivity contribution < 1.29 is 14.3 Å². The molecule has 0 atom stereocenters. The maximum Gasteiger partial charge on any atom is 0.337 e. The Morgan fingerprint density at radius 2 is 2.04 bits per heavy atom. The lowest BCUT2D eigenvalue weighted by Gasteiger charge is -2.02. The summed E-state index contributed by atoms with van der Waals surface area (Å²) in [6.07, 6.45) is 2.24. The van der Waals surface area contributed by atoms with E-state index in [9.17, 15) is 15.2 Å². The van der Waals surface area contributed by atoms with Gasteiger partial charge in [-0.15, -0.1) is 0 Å². The van der Waals surface area contributed by atoms with Crippen molar-refractivity contribution in [3.63, 3.8) is 0 Å². The molecule has 0 aliphatic carbocycles. The Hall–Kier alpha value is -3.62. The Kier molecular flexibility index (Phi) is 4.56. The van der Waals surface area contributed by atoms with Gasteiger partial charge in [-0.25, -0.2) is 4.79 Å². The molecule has 0 unspecified atom stereocenters. The second kappa shape index (κ2) is 7.18. The minimum absolute atomic E-state index is 0.00319. The zero-order valence-corrected chi connectivity index (χ0v) is 15.3. The highest BCUT2D eigenvalue weighted by molar-refractivity contribution is 6.33. The zero-order chi connectivity index (χ0) is 19.7. The van der Waals surface area contributed by atoms with Crippen LogP contribution >= 0.6 is 11.6 Å². The van der Waals surface area contributed by atoms with Gasteiger partial charge < -0.3 is 9.52 Å². The van der Waals surface area contributed by atoms with E-state index in [4.69, 9.17) is 16.0 Å². The van der Waals surface area contributed by atoms with Gasteiger partial charge in [0, 0.05) is 18.1 Å². The predicted molar refractivity (Wildman–Crippen MR) is 107 cm³/mol. The van der Waals surface area contributed by atoms with Crippen LogP contribution in [0, 0.1) is 11.3 Å². The number of hydrogen-bond donors (Lipinski definition) is 1.